The minimum Gasteiger partial charge on any atom is -0.325 e. The van der Waals surface area contributed by atoms with Crippen LogP contribution in [0, 0.1) is 17.8 Å². The quantitative estimate of drug-likeness (QED) is 0.395. The van der Waals surface area contributed by atoms with E-state index in [1.54, 1.807) is 11.8 Å². The van der Waals surface area contributed by atoms with Crippen LogP contribution in [0.1, 0.15) is 44.9 Å². The van der Waals surface area contributed by atoms with Crippen LogP contribution >= 0.6 is 27.7 Å². The first-order chi connectivity index (χ1) is 14.5. The second-order valence-electron chi connectivity index (χ2n) is 8.80. The number of allylic oxidation sites excluding steroid dienone is 6. The highest BCUT2D eigenvalue weighted by Gasteiger charge is 2.43. The maximum absolute atomic E-state index is 12.6. The molecule has 3 aliphatic carbocycles. The van der Waals surface area contributed by atoms with Gasteiger partial charge in [0.25, 0.3) is 0 Å². The first-order valence-corrected chi connectivity index (χ1v) is 12.8. The number of fused-ring (bicyclic) bond motifs is 1. The summed E-state index contributed by atoms with van der Waals surface area (Å²) in [6.45, 7) is 1.14. The van der Waals surface area contributed by atoms with Gasteiger partial charge in [0.05, 0.1) is 29.9 Å². The fraction of sp³-hybridized carbons (Fsp3) is 0.480. The van der Waals surface area contributed by atoms with Gasteiger partial charge in [-0.05, 0) is 43.8 Å². The monoisotopic (exact) mass is 485 g/mol. The highest BCUT2D eigenvalue weighted by molar-refractivity contribution is 9.11. The van der Waals surface area contributed by atoms with E-state index in [2.05, 4.69) is 58.5 Å². The number of amides is 1. The van der Waals surface area contributed by atoms with Gasteiger partial charge in [0, 0.05) is 16.0 Å². The third kappa shape index (κ3) is 5.04. The molecule has 0 saturated heterocycles. The molecular formula is C25H30BrN2OS+. The van der Waals surface area contributed by atoms with Crippen molar-refractivity contribution in [3.05, 3.63) is 57.2 Å². The van der Waals surface area contributed by atoms with E-state index in [9.17, 15) is 4.79 Å². The zero-order chi connectivity index (χ0) is 21.0. The fourth-order valence-corrected chi connectivity index (χ4v) is 6.36. The van der Waals surface area contributed by atoms with Crippen LogP contribution in [0.5, 0.6) is 0 Å². The molecule has 1 amide bonds. The SMILES string of the molecule is C[N+]1(CC2CCCCC2)C=C(SCC(=O)NC2=C(Br)CCC=C2)C2=CC=CC#CC21. The molecule has 3 nitrogen and oxygen atoms in total. The van der Waals surface area contributed by atoms with Crippen LogP contribution in [0.25, 0.3) is 0 Å². The van der Waals surface area contributed by atoms with Crippen molar-refractivity contribution >= 4 is 33.6 Å². The highest BCUT2D eigenvalue weighted by Crippen LogP contribution is 2.41. The molecule has 0 bridgehead atoms. The number of halogens is 1. The number of carbonyl (C=O) groups excluding carboxylic acids is 1. The number of hydrogen-bond acceptors (Lipinski definition) is 2. The van der Waals surface area contributed by atoms with E-state index in [1.165, 1.54) is 42.6 Å². The molecule has 1 aliphatic heterocycles. The topological polar surface area (TPSA) is 29.1 Å². The van der Waals surface area contributed by atoms with Crippen molar-refractivity contribution in [2.24, 2.45) is 5.92 Å². The van der Waals surface area contributed by atoms with Crippen LogP contribution in [0.15, 0.2) is 57.2 Å². The summed E-state index contributed by atoms with van der Waals surface area (Å²) in [6, 6.07) is 0.172. The molecule has 4 aliphatic rings. The maximum Gasteiger partial charge on any atom is 0.234 e. The summed E-state index contributed by atoms with van der Waals surface area (Å²) in [5, 5.41) is 3.06. The largest absolute Gasteiger partial charge is 0.325 e. The first-order valence-electron chi connectivity index (χ1n) is 11.0. The fourth-order valence-electron chi connectivity index (χ4n) is 4.88. The summed E-state index contributed by atoms with van der Waals surface area (Å²) < 4.78 is 1.92. The van der Waals surface area contributed by atoms with Crippen LogP contribution in [-0.4, -0.2) is 35.8 Å². The predicted molar refractivity (Wildman–Crippen MR) is 129 cm³/mol. The molecule has 1 saturated carbocycles. The molecule has 2 unspecified atom stereocenters. The lowest BCUT2D eigenvalue weighted by Crippen LogP contribution is -2.48. The van der Waals surface area contributed by atoms with Gasteiger partial charge in [-0.1, -0.05) is 59.3 Å². The minimum atomic E-state index is 0.0418. The molecule has 0 aromatic heterocycles. The van der Waals surface area contributed by atoms with Gasteiger partial charge in [0.15, 0.2) is 6.04 Å². The molecule has 1 N–H and O–H groups in total. The highest BCUT2D eigenvalue weighted by atomic mass is 79.9. The Morgan fingerprint density at radius 1 is 1.33 bits per heavy atom. The number of quaternary nitrogens is 1. The zero-order valence-electron chi connectivity index (χ0n) is 17.6. The Labute approximate surface area is 193 Å². The van der Waals surface area contributed by atoms with E-state index < -0.39 is 0 Å². The number of hydrogen-bond donors (Lipinski definition) is 1. The smallest absolute Gasteiger partial charge is 0.234 e. The predicted octanol–water partition coefficient (Wildman–Crippen LogP) is 5.54. The van der Waals surface area contributed by atoms with Gasteiger partial charge in [-0.15, -0.1) is 11.8 Å². The molecule has 0 aromatic carbocycles. The second-order valence-corrected chi connectivity index (χ2v) is 10.8. The van der Waals surface area contributed by atoms with Crippen molar-refractivity contribution in [3.63, 3.8) is 0 Å². The van der Waals surface area contributed by atoms with Crippen molar-refractivity contribution in [3.8, 4) is 11.8 Å². The number of carbonyl (C=O) groups is 1. The lowest BCUT2D eigenvalue weighted by molar-refractivity contribution is -0.870. The van der Waals surface area contributed by atoms with E-state index in [1.807, 2.05) is 18.2 Å². The molecule has 4 rings (SSSR count). The van der Waals surface area contributed by atoms with Crippen molar-refractivity contribution in [2.45, 2.75) is 51.0 Å². The van der Waals surface area contributed by atoms with E-state index in [0.717, 1.165) is 40.0 Å². The lowest BCUT2D eigenvalue weighted by Gasteiger charge is -2.36. The molecule has 1 fully saturated rings. The molecule has 2 atom stereocenters. The lowest BCUT2D eigenvalue weighted by atomic mass is 9.88. The number of rotatable bonds is 6. The third-order valence-corrected chi connectivity index (χ3v) is 8.26. The average Bonchev–Trinajstić information content (AvgIpc) is 2.89. The molecule has 1 heterocycles. The minimum absolute atomic E-state index is 0.0418. The average molecular weight is 486 g/mol. The first kappa shape index (κ1) is 21.7. The van der Waals surface area contributed by atoms with Gasteiger partial charge in [0.2, 0.25) is 5.91 Å². The van der Waals surface area contributed by atoms with Gasteiger partial charge >= 0.3 is 0 Å². The number of likely N-dealkylation sites (N-methyl/N-ethyl adjacent to an activating group) is 1. The third-order valence-electron chi connectivity index (χ3n) is 6.37. The van der Waals surface area contributed by atoms with E-state index in [0.29, 0.717) is 5.75 Å². The van der Waals surface area contributed by atoms with Crippen LogP contribution in [-0.2, 0) is 4.79 Å². The van der Waals surface area contributed by atoms with Crippen molar-refractivity contribution in [1.29, 1.82) is 0 Å². The standard InChI is InChI=1S/C25H29BrN2OS/c1-28(16-19-10-4-2-5-11-19)17-24(20-12-6-3-7-15-23(20)28)30-18-25(29)27-22-14-9-8-13-21(22)26/h3,6,9,12,14,17,19,23H,2,4-5,8,10-11,13,16,18H2,1H3/p+1. The zero-order valence-corrected chi connectivity index (χ0v) is 20.0. The van der Waals surface area contributed by atoms with E-state index in [-0.39, 0.29) is 11.9 Å². The van der Waals surface area contributed by atoms with Crippen LogP contribution in [0.2, 0.25) is 0 Å². The summed E-state index contributed by atoms with van der Waals surface area (Å²) in [4.78, 5) is 13.8. The Morgan fingerprint density at radius 2 is 2.17 bits per heavy atom. The van der Waals surface area contributed by atoms with Crippen LogP contribution in [0.4, 0.5) is 0 Å². The Bertz CT molecular complexity index is 911. The van der Waals surface area contributed by atoms with Crippen LogP contribution in [0.3, 0.4) is 0 Å². The normalized spacial score (nSPS) is 28.3. The van der Waals surface area contributed by atoms with Crippen molar-refractivity contribution in [1.82, 2.24) is 5.32 Å². The molecule has 0 aromatic rings. The van der Waals surface area contributed by atoms with Gasteiger partial charge < -0.3 is 5.32 Å². The molecule has 5 heteroatoms. The Balaban J connectivity index is 1.46. The maximum atomic E-state index is 12.6. The Kier molecular flexibility index (Phi) is 7.08. The summed E-state index contributed by atoms with van der Waals surface area (Å²) in [6.07, 6.45) is 21.4. The summed E-state index contributed by atoms with van der Waals surface area (Å²) >= 11 is 5.22. The van der Waals surface area contributed by atoms with Gasteiger partial charge in [-0.25, -0.2) is 0 Å². The summed E-state index contributed by atoms with van der Waals surface area (Å²) in [7, 11) is 2.31. The summed E-state index contributed by atoms with van der Waals surface area (Å²) in [5.74, 6) is 7.93. The van der Waals surface area contributed by atoms with Crippen LogP contribution < -0.4 is 5.32 Å². The number of thioether (sulfide) groups is 1. The van der Waals surface area contributed by atoms with Gasteiger partial charge in [-0.3, -0.25) is 9.28 Å². The summed E-state index contributed by atoms with van der Waals surface area (Å²) in [5.41, 5.74) is 2.16. The van der Waals surface area contributed by atoms with Crippen molar-refractivity contribution in [2.75, 3.05) is 19.3 Å². The number of nitrogens with zero attached hydrogens (tertiary/aromatic N) is 1. The molecule has 30 heavy (non-hydrogen) atoms. The second kappa shape index (κ2) is 9.77. The van der Waals surface area contributed by atoms with Gasteiger partial charge in [0.1, 0.15) is 6.20 Å². The number of nitrogens with one attached hydrogen (secondary N) is 1. The van der Waals surface area contributed by atoms with E-state index >= 15 is 0 Å². The molecule has 0 radical (unpaired) electrons. The van der Waals surface area contributed by atoms with Gasteiger partial charge in [-0.2, -0.15) is 0 Å². The Hall–Kier alpha value is -1.48. The molecular weight excluding hydrogens is 456 g/mol. The van der Waals surface area contributed by atoms with E-state index in [4.69, 9.17) is 0 Å². The Morgan fingerprint density at radius 3 is 2.97 bits per heavy atom. The molecule has 0 spiro atoms. The van der Waals surface area contributed by atoms with Crippen molar-refractivity contribution < 1.29 is 9.28 Å². The molecule has 158 valence electrons.